The molecule has 1 amide bonds. The van der Waals surface area contributed by atoms with Crippen LogP contribution in [0.2, 0.25) is 0 Å². The highest BCUT2D eigenvalue weighted by Crippen LogP contribution is 2.28. The zero-order valence-corrected chi connectivity index (χ0v) is 19.4. The molecule has 0 unspecified atom stereocenters. The van der Waals surface area contributed by atoms with Gasteiger partial charge in [-0.3, -0.25) is 4.79 Å². The Hall–Kier alpha value is -2.92. The second-order valence-corrected chi connectivity index (χ2v) is 10.7. The van der Waals surface area contributed by atoms with Gasteiger partial charge in [0.1, 0.15) is 0 Å². The Bertz CT molecular complexity index is 1220. The minimum Gasteiger partial charge on any atom is -0.478 e. The number of rotatable bonds is 8. The zero-order chi connectivity index (χ0) is 23.4. The smallest absolute Gasteiger partial charge is 0.277 e. The first-order valence-electron chi connectivity index (χ1n) is 10.3. The van der Waals surface area contributed by atoms with E-state index in [0.717, 1.165) is 11.8 Å². The Labute approximate surface area is 195 Å². The predicted molar refractivity (Wildman–Crippen MR) is 121 cm³/mol. The van der Waals surface area contributed by atoms with Crippen LogP contribution in [0, 0.1) is 5.82 Å². The molecular weight excluding hydrogens is 469 g/mol. The standard InChI is InChI=1S/C22H22FN3O5S2/c1-15(30-19-10-6-5-9-18(19)23)21-24-25-22(31-21)32-13-20(27)26(16-7-3-2-4-8-16)17-11-12-33(28,29)14-17/h2-10,15,17H,11-14H2,1H3/t15-,17-/m1/s1. The molecule has 2 aromatic carbocycles. The second kappa shape index (κ2) is 9.92. The number of para-hydroxylation sites is 2. The van der Waals surface area contributed by atoms with Crippen molar-refractivity contribution in [2.75, 3.05) is 22.2 Å². The molecule has 2 atom stereocenters. The highest BCUT2D eigenvalue weighted by Gasteiger charge is 2.35. The number of ether oxygens (including phenoxy) is 1. The number of hydrogen-bond acceptors (Lipinski definition) is 8. The monoisotopic (exact) mass is 491 g/mol. The van der Waals surface area contributed by atoms with Crippen LogP contribution >= 0.6 is 11.8 Å². The number of anilines is 1. The molecule has 0 saturated carbocycles. The van der Waals surface area contributed by atoms with Gasteiger partial charge in [0, 0.05) is 5.69 Å². The summed E-state index contributed by atoms with van der Waals surface area (Å²) in [4.78, 5) is 14.6. The van der Waals surface area contributed by atoms with Crippen LogP contribution in [0.15, 0.2) is 64.2 Å². The molecular formula is C22H22FN3O5S2. The lowest BCUT2D eigenvalue weighted by atomic mass is 10.2. The number of aromatic nitrogens is 2. The molecule has 1 aliphatic rings. The lowest BCUT2D eigenvalue weighted by Gasteiger charge is -2.28. The summed E-state index contributed by atoms with van der Waals surface area (Å²) in [6.07, 6.45) is -0.299. The topological polar surface area (TPSA) is 103 Å². The van der Waals surface area contributed by atoms with Gasteiger partial charge in [-0.1, -0.05) is 42.1 Å². The highest BCUT2D eigenvalue weighted by atomic mass is 32.2. The van der Waals surface area contributed by atoms with E-state index in [9.17, 15) is 17.6 Å². The number of thioether (sulfide) groups is 1. The molecule has 0 bridgehead atoms. The summed E-state index contributed by atoms with van der Waals surface area (Å²) < 4.78 is 48.9. The van der Waals surface area contributed by atoms with Gasteiger partial charge in [-0.15, -0.1) is 10.2 Å². The summed E-state index contributed by atoms with van der Waals surface area (Å²) in [5, 5.41) is 8.02. The molecule has 8 nitrogen and oxygen atoms in total. The minimum atomic E-state index is -3.17. The first-order valence-corrected chi connectivity index (χ1v) is 13.1. The van der Waals surface area contributed by atoms with Crippen molar-refractivity contribution in [3.63, 3.8) is 0 Å². The molecule has 1 fully saturated rings. The molecule has 2 heterocycles. The molecule has 4 rings (SSSR count). The van der Waals surface area contributed by atoms with Gasteiger partial charge in [-0.2, -0.15) is 0 Å². The lowest BCUT2D eigenvalue weighted by Crippen LogP contribution is -2.42. The van der Waals surface area contributed by atoms with Gasteiger partial charge < -0.3 is 14.1 Å². The summed E-state index contributed by atoms with van der Waals surface area (Å²) >= 11 is 1.05. The van der Waals surface area contributed by atoms with E-state index in [1.165, 1.54) is 12.1 Å². The van der Waals surface area contributed by atoms with Crippen molar-refractivity contribution in [1.82, 2.24) is 10.2 Å². The minimum absolute atomic E-state index is 0.0182. The molecule has 11 heteroatoms. The van der Waals surface area contributed by atoms with E-state index in [1.807, 2.05) is 6.07 Å². The third-order valence-electron chi connectivity index (χ3n) is 5.11. The summed E-state index contributed by atoms with van der Waals surface area (Å²) in [5.41, 5.74) is 0.642. The Morgan fingerprint density at radius 2 is 1.94 bits per heavy atom. The number of carbonyl (C=O) groups excluding carboxylic acids is 1. The van der Waals surface area contributed by atoms with Crippen molar-refractivity contribution in [3.8, 4) is 5.75 Å². The molecule has 0 N–H and O–H groups in total. The van der Waals surface area contributed by atoms with Crippen LogP contribution in [-0.4, -0.2) is 47.8 Å². The first-order chi connectivity index (χ1) is 15.8. The predicted octanol–water partition coefficient (Wildman–Crippen LogP) is 3.66. The molecule has 1 saturated heterocycles. The average Bonchev–Trinajstić information content (AvgIpc) is 3.41. The largest absolute Gasteiger partial charge is 0.478 e. The fourth-order valence-corrected chi connectivity index (χ4v) is 5.87. The maximum absolute atomic E-state index is 13.8. The van der Waals surface area contributed by atoms with Gasteiger partial charge >= 0.3 is 0 Å². The van der Waals surface area contributed by atoms with Crippen molar-refractivity contribution in [1.29, 1.82) is 0 Å². The van der Waals surface area contributed by atoms with Crippen LogP contribution in [0.5, 0.6) is 5.75 Å². The highest BCUT2D eigenvalue weighted by molar-refractivity contribution is 7.99. The number of nitrogens with zero attached hydrogens (tertiary/aromatic N) is 3. The first kappa shape index (κ1) is 23.2. The van der Waals surface area contributed by atoms with E-state index in [2.05, 4.69) is 10.2 Å². The Kier molecular flexibility index (Phi) is 6.99. The third kappa shape index (κ3) is 5.72. The molecule has 0 radical (unpaired) electrons. The Morgan fingerprint density at radius 1 is 1.21 bits per heavy atom. The summed E-state index contributed by atoms with van der Waals surface area (Å²) in [5.74, 6) is -0.562. The van der Waals surface area contributed by atoms with Crippen molar-refractivity contribution >= 4 is 33.2 Å². The SMILES string of the molecule is C[C@@H](Oc1ccccc1F)c1nnc(SCC(=O)N(c2ccccc2)[C@@H]2CCS(=O)(=O)C2)o1. The van der Waals surface area contributed by atoms with Gasteiger partial charge in [-0.05, 0) is 37.6 Å². The van der Waals surface area contributed by atoms with Crippen LogP contribution in [0.1, 0.15) is 25.3 Å². The zero-order valence-electron chi connectivity index (χ0n) is 17.8. The quantitative estimate of drug-likeness (QED) is 0.440. The normalized spacial score (nSPS) is 18.1. The van der Waals surface area contributed by atoms with Crippen molar-refractivity contribution in [2.45, 2.75) is 30.7 Å². The van der Waals surface area contributed by atoms with Crippen LogP contribution in [-0.2, 0) is 14.6 Å². The molecule has 1 aliphatic heterocycles. The Morgan fingerprint density at radius 3 is 2.64 bits per heavy atom. The fraction of sp³-hybridized carbons (Fsp3) is 0.318. The summed E-state index contributed by atoms with van der Waals surface area (Å²) in [6, 6.07) is 14.6. The molecule has 1 aromatic heterocycles. The van der Waals surface area contributed by atoms with E-state index in [-0.39, 0.29) is 40.0 Å². The van der Waals surface area contributed by atoms with E-state index < -0.39 is 27.8 Å². The number of hydrogen-bond donors (Lipinski definition) is 0. The number of benzene rings is 2. The Balaban J connectivity index is 1.42. The molecule has 33 heavy (non-hydrogen) atoms. The van der Waals surface area contributed by atoms with Gasteiger partial charge in [-0.25, -0.2) is 12.8 Å². The van der Waals surface area contributed by atoms with Crippen LogP contribution in [0.25, 0.3) is 0 Å². The van der Waals surface area contributed by atoms with Gasteiger partial charge in [0.05, 0.1) is 23.3 Å². The van der Waals surface area contributed by atoms with Gasteiger partial charge in [0.15, 0.2) is 27.5 Å². The van der Waals surface area contributed by atoms with Crippen LogP contribution in [0.4, 0.5) is 10.1 Å². The second-order valence-electron chi connectivity index (χ2n) is 7.54. The maximum atomic E-state index is 13.8. The number of halogens is 1. The molecule has 0 spiro atoms. The van der Waals surface area contributed by atoms with Crippen molar-refractivity contribution in [3.05, 3.63) is 66.3 Å². The maximum Gasteiger partial charge on any atom is 0.277 e. The number of sulfone groups is 1. The van der Waals surface area contributed by atoms with Gasteiger partial charge in [0.2, 0.25) is 5.91 Å². The van der Waals surface area contributed by atoms with Crippen molar-refractivity contribution < 1.29 is 26.8 Å². The third-order valence-corrected chi connectivity index (χ3v) is 7.66. The lowest BCUT2D eigenvalue weighted by molar-refractivity contribution is -0.116. The molecule has 3 aromatic rings. The average molecular weight is 492 g/mol. The van der Waals surface area contributed by atoms with Gasteiger partial charge in [0.25, 0.3) is 11.1 Å². The fourth-order valence-electron chi connectivity index (χ4n) is 3.54. The number of carbonyl (C=O) groups is 1. The van der Waals surface area contributed by atoms with Crippen molar-refractivity contribution in [2.24, 2.45) is 0 Å². The van der Waals surface area contributed by atoms with E-state index in [4.69, 9.17) is 9.15 Å². The molecule has 174 valence electrons. The van der Waals surface area contributed by atoms with Crippen LogP contribution in [0.3, 0.4) is 0 Å². The summed E-state index contributed by atoms with van der Waals surface area (Å²) in [6.45, 7) is 1.65. The van der Waals surface area contributed by atoms with E-state index in [1.54, 1.807) is 48.2 Å². The number of amides is 1. The van der Waals surface area contributed by atoms with Crippen LogP contribution < -0.4 is 9.64 Å². The van der Waals surface area contributed by atoms with E-state index >= 15 is 0 Å². The van der Waals surface area contributed by atoms with E-state index in [0.29, 0.717) is 12.1 Å². The molecule has 0 aliphatic carbocycles. The summed E-state index contributed by atoms with van der Waals surface area (Å²) in [7, 11) is -3.17.